The van der Waals surface area contributed by atoms with Crippen LogP contribution in [0.5, 0.6) is 5.88 Å². The minimum absolute atomic E-state index is 0. The van der Waals surface area contributed by atoms with E-state index in [0.29, 0.717) is 28.8 Å². The van der Waals surface area contributed by atoms with Crippen LogP contribution in [0.4, 0.5) is 5.95 Å². The number of piperazine rings is 1. The number of halogens is 2. The molecule has 27 heavy (non-hydrogen) atoms. The number of hydrogen-bond donors (Lipinski definition) is 1. The first-order valence-corrected chi connectivity index (χ1v) is 11.0. The monoisotopic (exact) mass is 576 g/mol. The summed E-state index contributed by atoms with van der Waals surface area (Å²) in [6, 6.07) is 0. The van der Waals surface area contributed by atoms with Crippen LogP contribution >= 0.6 is 39.9 Å². The Bertz CT molecular complexity index is 741. The Labute approximate surface area is 186 Å². The molecule has 154 valence electrons. The summed E-state index contributed by atoms with van der Waals surface area (Å²) in [7, 11) is 0.287. The molecule has 1 aromatic rings. The summed E-state index contributed by atoms with van der Waals surface area (Å²) in [6.45, 7) is 4.96. The second-order valence-electron chi connectivity index (χ2n) is 5.71. The predicted octanol–water partition coefficient (Wildman–Crippen LogP) is 0.998. The van der Waals surface area contributed by atoms with Gasteiger partial charge in [0.1, 0.15) is 0 Å². The van der Waals surface area contributed by atoms with Crippen molar-refractivity contribution in [3.8, 4) is 5.88 Å². The Hall–Kier alpha value is -0.890. The minimum Gasteiger partial charge on any atom is -0.480 e. The van der Waals surface area contributed by atoms with Crippen molar-refractivity contribution in [3.63, 3.8) is 0 Å². The molecule has 1 saturated heterocycles. The number of sulfone groups is 1. The zero-order valence-corrected chi connectivity index (χ0v) is 20.4. The highest BCUT2D eigenvalue weighted by molar-refractivity contribution is 14.0. The third kappa shape index (κ3) is 6.89. The van der Waals surface area contributed by atoms with Gasteiger partial charge in [-0.05, 0) is 15.9 Å². The number of aliphatic imine (C=N–C) groups is 1. The van der Waals surface area contributed by atoms with Crippen molar-refractivity contribution in [1.82, 2.24) is 20.2 Å². The first-order chi connectivity index (χ1) is 12.4. The Morgan fingerprint density at radius 3 is 2.59 bits per heavy atom. The van der Waals surface area contributed by atoms with Crippen molar-refractivity contribution < 1.29 is 13.2 Å². The molecule has 12 heteroatoms. The van der Waals surface area contributed by atoms with Crippen LogP contribution in [0.1, 0.15) is 6.92 Å². The molecule has 0 radical (unpaired) electrons. The molecule has 2 heterocycles. The minimum atomic E-state index is -2.99. The Kier molecular flexibility index (Phi) is 10.0. The van der Waals surface area contributed by atoms with Gasteiger partial charge in [-0.3, -0.25) is 4.99 Å². The maximum absolute atomic E-state index is 11.6. The fourth-order valence-electron chi connectivity index (χ4n) is 2.55. The number of methoxy groups -OCH3 is 1. The van der Waals surface area contributed by atoms with E-state index in [1.54, 1.807) is 27.3 Å². The van der Waals surface area contributed by atoms with Crippen LogP contribution in [0.25, 0.3) is 0 Å². The third-order valence-corrected chi connectivity index (χ3v) is 6.35. The maximum atomic E-state index is 11.6. The summed E-state index contributed by atoms with van der Waals surface area (Å²) in [5.41, 5.74) is 0. The van der Waals surface area contributed by atoms with E-state index >= 15 is 0 Å². The van der Waals surface area contributed by atoms with Gasteiger partial charge >= 0.3 is 0 Å². The number of nitrogens with one attached hydrogen (secondary N) is 1. The normalized spacial score (nSPS) is 15.3. The molecule has 1 N–H and O–H groups in total. The summed E-state index contributed by atoms with van der Waals surface area (Å²) in [5.74, 6) is 2.11. The third-order valence-electron chi connectivity index (χ3n) is 4.10. The van der Waals surface area contributed by atoms with Crippen molar-refractivity contribution in [2.75, 3.05) is 63.3 Å². The van der Waals surface area contributed by atoms with E-state index < -0.39 is 9.84 Å². The molecule has 0 bridgehead atoms. The summed E-state index contributed by atoms with van der Waals surface area (Å²) < 4.78 is 29.1. The molecule has 1 aromatic heterocycles. The van der Waals surface area contributed by atoms with E-state index in [9.17, 15) is 8.42 Å². The van der Waals surface area contributed by atoms with Crippen molar-refractivity contribution in [3.05, 3.63) is 10.7 Å². The van der Waals surface area contributed by atoms with Crippen molar-refractivity contribution in [2.45, 2.75) is 6.92 Å². The molecule has 0 spiro atoms. The summed E-state index contributed by atoms with van der Waals surface area (Å²) in [4.78, 5) is 17.2. The lowest BCUT2D eigenvalue weighted by Gasteiger charge is -2.36. The molecule has 1 fully saturated rings. The van der Waals surface area contributed by atoms with Crippen molar-refractivity contribution in [1.29, 1.82) is 0 Å². The van der Waals surface area contributed by atoms with Crippen molar-refractivity contribution in [2.24, 2.45) is 4.99 Å². The predicted molar refractivity (Wildman–Crippen MR) is 121 cm³/mol. The number of rotatable bonds is 6. The molecular weight excluding hydrogens is 551 g/mol. The fourth-order valence-corrected chi connectivity index (χ4v) is 3.61. The molecule has 2 rings (SSSR count). The maximum Gasteiger partial charge on any atom is 0.232 e. The van der Waals surface area contributed by atoms with Gasteiger partial charge < -0.3 is 19.9 Å². The lowest BCUT2D eigenvalue weighted by atomic mass is 10.3. The summed E-state index contributed by atoms with van der Waals surface area (Å²) >= 11 is 3.35. The van der Waals surface area contributed by atoms with E-state index in [-0.39, 0.29) is 35.5 Å². The van der Waals surface area contributed by atoms with E-state index in [0.717, 1.165) is 26.2 Å². The van der Waals surface area contributed by atoms with Crippen LogP contribution in [0.3, 0.4) is 0 Å². The molecule has 1 aliphatic heterocycles. The van der Waals surface area contributed by atoms with Crippen LogP contribution in [0.15, 0.2) is 15.7 Å². The zero-order chi connectivity index (χ0) is 19.2. The number of anilines is 1. The Morgan fingerprint density at radius 2 is 2.04 bits per heavy atom. The van der Waals surface area contributed by atoms with Gasteiger partial charge in [0, 0.05) is 45.5 Å². The first-order valence-electron chi connectivity index (χ1n) is 8.37. The average molecular weight is 577 g/mol. The van der Waals surface area contributed by atoms with Gasteiger partial charge in [-0.25, -0.2) is 13.4 Å². The van der Waals surface area contributed by atoms with Crippen LogP contribution in [0, 0.1) is 0 Å². The van der Waals surface area contributed by atoms with Gasteiger partial charge in [0.2, 0.25) is 11.8 Å². The lowest BCUT2D eigenvalue weighted by molar-refractivity contribution is 0.367. The van der Waals surface area contributed by atoms with E-state index in [1.165, 1.54) is 0 Å². The molecule has 0 saturated carbocycles. The quantitative estimate of drug-likeness (QED) is 0.304. The van der Waals surface area contributed by atoms with Gasteiger partial charge in [-0.1, -0.05) is 6.92 Å². The van der Waals surface area contributed by atoms with Crippen molar-refractivity contribution >= 4 is 61.7 Å². The second kappa shape index (κ2) is 11.2. The molecule has 0 amide bonds. The van der Waals surface area contributed by atoms with Gasteiger partial charge in [-0.2, -0.15) is 4.98 Å². The van der Waals surface area contributed by atoms with E-state index in [1.807, 2.05) is 0 Å². The smallest absolute Gasteiger partial charge is 0.232 e. The molecule has 0 aliphatic carbocycles. The lowest BCUT2D eigenvalue weighted by Crippen LogP contribution is -2.53. The number of ether oxygens (including phenoxy) is 1. The highest BCUT2D eigenvalue weighted by Crippen LogP contribution is 2.23. The number of hydrogen-bond acceptors (Lipinski definition) is 7. The highest BCUT2D eigenvalue weighted by Gasteiger charge is 2.22. The standard InChI is InChI=1S/C15H25BrN6O3S.HI/c1-4-26(23,24)10-5-18-14(17-2)21-6-8-22(9-7-21)15-19-11-12(16)13(20-15)25-3;/h11H,4-10H2,1-3H3,(H,17,18);1H. The molecule has 9 nitrogen and oxygen atoms in total. The molecular formula is C15H26BrIN6O3S. The molecule has 1 aliphatic rings. The zero-order valence-electron chi connectivity index (χ0n) is 15.7. The summed E-state index contributed by atoms with van der Waals surface area (Å²) in [6.07, 6.45) is 1.68. The Balaban J connectivity index is 0.00000364. The van der Waals surface area contributed by atoms with Gasteiger partial charge in [0.25, 0.3) is 0 Å². The number of guanidine groups is 1. The first kappa shape index (κ1) is 24.1. The van der Waals surface area contributed by atoms with Crippen LogP contribution < -0.4 is 15.0 Å². The van der Waals surface area contributed by atoms with Gasteiger partial charge in [0.05, 0.1) is 23.5 Å². The highest BCUT2D eigenvalue weighted by atomic mass is 127. The van der Waals surface area contributed by atoms with E-state index in [2.05, 4.69) is 46.0 Å². The molecule has 0 unspecified atom stereocenters. The topological polar surface area (TPSA) is 100 Å². The van der Waals surface area contributed by atoms with Crippen LogP contribution in [0.2, 0.25) is 0 Å². The van der Waals surface area contributed by atoms with Crippen LogP contribution in [-0.4, -0.2) is 87.6 Å². The fraction of sp³-hybridized carbons (Fsp3) is 0.667. The largest absolute Gasteiger partial charge is 0.480 e. The Morgan fingerprint density at radius 1 is 1.37 bits per heavy atom. The molecule has 0 atom stereocenters. The van der Waals surface area contributed by atoms with Gasteiger partial charge in [0.15, 0.2) is 15.8 Å². The second-order valence-corrected chi connectivity index (χ2v) is 9.04. The van der Waals surface area contributed by atoms with Gasteiger partial charge in [-0.15, -0.1) is 24.0 Å². The van der Waals surface area contributed by atoms with Crippen LogP contribution in [-0.2, 0) is 9.84 Å². The van der Waals surface area contributed by atoms with E-state index in [4.69, 9.17) is 4.74 Å². The number of aromatic nitrogens is 2. The SMILES string of the molecule is CCS(=O)(=O)CCNC(=NC)N1CCN(c2ncc(Br)c(OC)n2)CC1.I. The molecule has 0 aromatic carbocycles. The summed E-state index contributed by atoms with van der Waals surface area (Å²) in [5, 5.41) is 3.13. The average Bonchev–Trinajstić information content (AvgIpc) is 2.66. The number of nitrogens with zero attached hydrogens (tertiary/aromatic N) is 5.